The quantitative estimate of drug-likeness (QED) is 0.635. The smallest absolute Gasteiger partial charge is 0.186 e. The lowest BCUT2D eigenvalue weighted by atomic mass is 10.1. The number of aliphatic hydroxyl groups is 1. The Morgan fingerprint density at radius 3 is 2.85 bits per heavy atom. The van der Waals surface area contributed by atoms with Crippen LogP contribution in [0.25, 0.3) is 10.1 Å². The average Bonchev–Trinajstić information content (AvgIpc) is 2.43. The minimum absolute atomic E-state index is 0.0267. The summed E-state index contributed by atoms with van der Waals surface area (Å²) in [5.74, 6) is 0. The van der Waals surface area contributed by atoms with Gasteiger partial charge in [-0.05, 0) is 11.6 Å². The van der Waals surface area contributed by atoms with Crippen molar-refractivity contribution < 1.29 is 10.2 Å². The maximum atomic E-state index is 9.42. The van der Waals surface area contributed by atoms with Gasteiger partial charge >= 0.3 is 0 Å². The highest BCUT2D eigenvalue weighted by Gasteiger charge is 2.10. The zero-order valence-electron chi connectivity index (χ0n) is 6.69. The topological polar surface area (TPSA) is 40.5 Å². The lowest BCUT2D eigenvalue weighted by Crippen LogP contribution is -1.82. The fraction of sp³-hybridized carbons (Fsp3) is 0.111. The molecule has 68 valence electrons. The van der Waals surface area contributed by atoms with Gasteiger partial charge in [-0.3, -0.25) is 0 Å². The summed E-state index contributed by atoms with van der Waals surface area (Å²) in [5, 5.41) is 19.5. The van der Waals surface area contributed by atoms with Crippen molar-refractivity contribution in [3.05, 3.63) is 23.8 Å². The van der Waals surface area contributed by atoms with Crippen LogP contribution in [-0.4, -0.2) is 10.2 Å². The van der Waals surface area contributed by atoms with Crippen LogP contribution in [0.3, 0.4) is 0 Å². The number of aliphatic hydroxyl groups excluding tert-OH is 1. The minimum Gasteiger partial charge on any atom is -0.499 e. The Bertz CT molecular complexity index is 448. The van der Waals surface area contributed by atoms with Gasteiger partial charge in [-0.2, -0.15) is 0 Å². The molecule has 0 aliphatic rings. The maximum Gasteiger partial charge on any atom is 0.186 e. The molecular weight excluding hydrogens is 204 g/mol. The van der Waals surface area contributed by atoms with Crippen molar-refractivity contribution in [3.8, 4) is 5.06 Å². The third-order valence-corrected chi connectivity index (χ3v) is 3.47. The predicted octanol–water partition coefficient (Wildman–Crippen LogP) is 2.39. The van der Waals surface area contributed by atoms with Gasteiger partial charge in [0.2, 0.25) is 0 Å². The van der Waals surface area contributed by atoms with E-state index in [1.165, 1.54) is 11.3 Å². The van der Waals surface area contributed by atoms with Crippen LogP contribution < -0.4 is 0 Å². The Balaban J connectivity index is 2.87. The van der Waals surface area contributed by atoms with E-state index in [0.717, 1.165) is 15.6 Å². The zero-order chi connectivity index (χ0) is 9.42. The number of thiol groups is 1. The Morgan fingerprint density at radius 2 is 2.15 bits per heavy atom. The molecule has 0 fully saturated rings. The summed E-state index contributed by atoms with van der Waals surface area (Å²) in [6.07, 6.45) is 0. The molecule has 2 N–H and O–H groups in total. The third-order valence-electron chi connectivity index (χ3n) is 1.93. The lowest BCUT2D eigenvalue weighted by molar-refractivity contribution is 0.283. The van der Waals surface area contributed by atoms with Crippen LogP contribution in [0.4, 0.5) is 0 Å². The molecule has 0 aliphatic heterocycles. The number of hydrogen-bond acceptors (Lipinski definition) is 4. The molecule has 13 heavy (non-hydrogen) atoms. The molecule has 0 atom stereocenters. The summed E-state index contributed by atoms with van der Waals surface area (Å²) in [6.45, 7) is -0.0267. The summed E-state index contributed by atoms with van der Waals surface area (Å²) in [4.78, 5) is 0.560. The highest BCUT2D eigenvalue weighted by Crippen LogP contribution is 2.40. The predicted molar refractivity (Wildman–Crippen MR) is 56.7 cm³/mol. The largest absolute Gasteiger partial charge is 0.499 e. The maximum absolute atomic E-state index is 9.42. The Morgan fingerprint density at radius 1 is 1.38 bits per heavy atom. The number of rotatable bonds is 1. The van der Waals surface area contributed by atoms with Gasteiger partial charge in [-0.25, -0.2) is 0 Å². The average molecular weight is 212 g/mol. The van der Waals surface area contributed by atoms with Gasteiger partial charge < -0.3 is 10.2 Å². The van der Waals surface area contributed by atoms with Crippen molar-refractivity contribution in [2.24, 2.45) is 0 Å². The van der Waals surface area contributed by atoms with E-state index in [-0.39, 0.29) is 11.7 Å². The molecule has 0 spiro atoms. The second-order valence-corrected chi connectivity index (χ2v) is 4.18. The lowest BCUT2D eigenvalue weighted by Gasteiger charge is -1.98. The zero-order valence-corrected chi connectivity index (χ0v) is 8.40. The molecule has 0 radical (unpaired) electrons. The summed E-state index contributed by atoms with van der Waals surface area (Å²) in [5.41, 5.74) is 0.805. The summed E-state index contributed by atoms with van der Waals surface area (Å²) >= 11 is 5.46. The van der Waals surface area contributed by atoms with Gasteiger partial charge in [-0.1, -0.05) is 23.5 Å². The number of aromatic hydroxyl groups is 1. The van der Waals surface area contributed by atoms with Crippen LogP contribution in [0, 0.1) is 0 Å². The van der Waals surface area contributed by atoms with Gasteiger partial charge in [0, 0.05) is 10.1 Å². The molecule has 0 aliphatic carbocycles. The van der Waals surface area contributed by atoms with Gasteiger partial charge in [0.05, 0.1) is 11.5 Å². The SMILES string of the molecule is OCc1cccc2sc(O)c(S)c12. The molecule has 0 saturated carbocycles. The van der Waals surface area contributed by atoms with Crippen LogP contribution in [-0.2, 0) is 6.61 Å². The first-order valence-electron chi connectivity index (χ1n) is 3.77. The molecule has 1 aromatic carbocycles. The van der Waals surface area contributed by atoms with Crippen LogP contribution in [0.5, 0.6) is 5.06 Å². The van der Waals surface area contributed by atoms with Crippen molar-refractivity contribution in [2.75, 3.05) is 0 Å². The van der Waals surface area contributed by atoms with Crippen molar-refractivity contribution in [1.82, 2.24) is 0 Å². The Hall–Kier alpha value is -0.710. The van der Waals surface area contributed by atoms with E-state index in [9.17, 15) is 5.11 Å². The standard InChI is InChI=1S/C9H8O2S2/c10-4-5-2-1-3-6-7(5)8(12)9(11)13-6/h1-3,10-12H,4H2. The molecule has 0 amide bonds. The molecule has 2 rings (SSSR count). The van der Waals surface area contributed by atoms with Crippen LogP contribution in [0.2, 0.25) is 0 Å². The first-order valence-corrected chi connectivity index (χ1v) is 5.03. The van der Waals surface area contributed by atoms with Crippen LogP contribution >= 0.6 is 24.0 Å². The Kier molecular flexibility index (Phi) is 2.19. The number of thiophene rings is 1. The van der Waals surface area contributed by atoms with E-state index in [4.69, 9.17) is 5.11 Å². The molecule has 0 bridgehead atoms. The summed E-state index contributed by atoms with van der Waals surface area (Å²) in [6, 6.07) is 5.59. The Labute approximate surface area is 84.9 Å². The number of fused-ring (bicyclic) bond motifs is 1. The number of benzene rings is 1. The first-order chi connectivity index (χ1) is 6.24. The van der Waals surface area contributed by atoms with Gasteiger partial charge in [0.15, 0.2) is 5.06 Å². The van der Waals surface area contributed by atoms with Crippen LogP contribution in [0.15, 0.2) is 23.1 Å². The third kappa shape index (κ3) is 1.31. The van der Waals surface area contributed by atoms with E-state index in [1.54, 1.807) is 0 Å². The van der Waals surface area contributed by atoms with E-state index in [0.29, 0.717) is 4.90 Å². The van der Waals surface area contributed by atoms with Gasteiger partial charge in [0.1, 0.15) is 0 Å². The first kappa shape index (κ1) is 8.87. The van der Waals surface area contributed by atoms with Gasteiger partial charge in [0.25, 0.3) is 0 Å². The molecule has 2 nitrogen and oxygen atoms in total. The second-order valence-electron chi connectivity index (χ2n) is 2.70. The molecule has 0 saturated heterocycles. The van der Waals surface area contributed by atoms with Crippen molar-refractivity contribution in [1.29, 1.82) is 0 Å². The summed E-state index contributed by atoms with van der Waals surface area (Å²) < 4.78 is 0.953. The van der Waals surface area contributed by atoms with E-state index < -0.39 is 0 Å². The minimum atomic E-state index is -0.0267. The van der Waals surface area contributed by atoms with Crippen LogP contribution in [0.1, 0.15) is 5.56 Å². The van der Waals surface area contributed by atoms with Gasteiger partial charge in [-0.15, -0.1) is 12.6 Å². The van der Waals surface area contributed by atoms with Crippen molar-refractivity contribution >= 4 is 34.1 Å². The van der Waals surface area contributed by atoms with E-state index >= 15 is 0 Å². The molecular formula is C9H8O2S2. The molecule has 4 heteroatoms. The molecule has 2 aromatic rings. The highest BCUT2D eigenvalue weighted by atomic mass is 32.1. The monoisotopic (exact) mass is 212 g/mol. The molecule has 1 aromatic heterocycles. The number of hydrogen-bond donors (Lipinski definition) is 3. The van der Waals surface area contributed by atoms with Crippen molar-refractivity contribution in [3.63, 3.8) is 0 Å². The second kappa shape index (κ2) is 3.21. The molecule has 1 heterocycles. The molecule has 0 unspecified atom stereocenters. The normalized spacial score (nSPS) is 10.9. The highest BCUT2D eigenvalue weighted by molar-refractivity contribution is 7.81. The fourth-order valence-corrected chi connectivity index (χ4v) is 2.69. The fourth-order valence-electron chi connectivity index (χ4n) is 1.32. The summed E-state index contributed by atoms with van der Waals surface area (Å²) in [7, 11) is 0. The van der Waals surface area contributed by atoms with E-state index in [1.807, 2.05) is 18.2 Å². The van der Waals surface area contributed by atoms with E-state index in [2.05, 4.69) is 12.6 Å². The van der Waals surface area contributed by atoms with Crippen molar-refractivity contribution in [2.45, 2.75) is 11.5 Å².